The fourth-order valence-corrected chi connectivity index (χ4v) is 3.18. The molecule has 130 valence electrons. The zero-order valence-corrected chi connectivity index (χ0v) is 15.7. The topological polar surface area (TPSA) is 96.7 Å². The average Bonchev–Trinajstić information content (AvgIpc) is 3.28. The number of anilines is 1. The number of nitrogens with one attached hydrogen (secondary N) is 2. The van der Waals surface area contributed by atoms with Crippen molar-refractivity contribution in [3.63, 3.8) is 0 Å². The second-order valence-corrected chi connectivity index (χ2v) is 7.18. The lowest BCUT2D eigenvalue weighted by atomic mass is 10.2. The van der Waals surface area contributed by atoms with Gasteiger partial charge in [0.1, 0.15) is 0 Å². The quantitative estimate of drug-likeness (QED) is 0.463. The molecule has 0 spiro atoms. The first kappa shape index (κ1) is 16.8. The summed E-state index contributed by atoms with van der Waals surface area (Å²) >= 11 is 4.53. The Labute approximate surface area is 160 Å². The maximum Gasteiger partial charge on any atom is 0.277 e. The minimum atomic E-state index is -0.151. The van der Waals surface area contributed by atoms with Crippen LogP contribution in [0.4, 0.5) is 5.69 Å². The molecule has 26 heavy (non-hydrogen) atoms. The molecule has 2 heterocycles. The Kier molecular flexibility index (Phi) is 4.72. The molecule has 0 saturated heterocycles. The molecule has 0 bridgehead atoms. The van der Waals surface area contributed by atoms with Gasteiger partial charge < -0.3 is 9.73 Å². The molecule has 7 nitrogen and oxygen atoms in total. The Morgan fingerprint density at radius 1 is 1.15 bits per heavy atom. The van der Waals surface area contributed by atoms with Crippen molar-refractivity contribution in [2.45, 2.75) is 5.22 Å². The summed E-state index contributed by atoms with van der Waals surface area (Å²) in [6, 6.07) is 15.0. The predicted octanol–water partition coefficient (Wildman–Crippen LogP) is 4.11. The van der Waals surface area contributed by atoms with Crippen molar-refractivity contribution < 1.29 is 9.21 Å². The van der Waals surface area contributed by atoms with Crippen LogP contribution in [0, 0.1) is 0 Å². The van der Waals surface area contributed by atoms with Gasteiger partial charge >= 0.3 is 0 Å². The van der Waals surface area contributed by atoms with Crippen LogP contribution in [0.3, 0.4) is 0 Å². The van der Waals surface area contributed by atoms with Crippen molar-refractivity contribution in [1.29, 1.82) is 0 Å². The van der Waals surface area contributed by atoms with E-state index in [0.29, 0.717) is 16.8 Å². The SMILES string of the molecule is O=C(CSc1nnc(-c2n[nH]c3ccccc23)o1)Nc1ccc(Br)cc1. The summed E-state index contributed by atoms with van der Waals surface area (Å²) in [4.78, 5) is 12.0. The normalized spacial score (nSPS) is 11.0. The maximum absolute atomic E-state index is 12.0. The minimum Gasteiger partial charge on any atom is -0.409 e. The lowest BCUT2D eigenvalue weighted by Crippen LogP contribution is -2.13. The molecule has 4 aromatic rings. The molecule has 0 aliphatic carbocycles. The monoisotopic (exact) mass is 429 g/mol. The van der Waals surface area contributed by atoms with Crippen LogP contribution in [0.5, 0.6) is 0 Å². The fraction of sp³-hybridized carbons (Fsp3) is 0.0588. The third-order valence-electron chi connectivity index (χ3n) is 3.53. The summed E-state index contributed by atoms with van der Waals surface area (Å²) < 4.78 is 6.58. The van der Waals surface area contributed by atoms with Gasteiger partial charge in [0.25, 0.3) is 11.1 Å². The zero-order chi connectivity index (χ0) is 17.9. The van der Waals surface area contributed by atoms with Crippen LogP contribution in [-0.2, 0) is 4.79 Å². The smallest absolute Gasteiger partial charge is 0.277 e. The molecule has 0 atom stereocenters. The number of para-hydroxylation sites is 1. The Bertz CT molecular complexity index is 1060. The zero-order valence-electron chi connectivity index (χ0n) is 13.3. The first-order valence-corrected chi connectivity index (χ1v) is 9.42. The van der Waals surface area contributed by atoms with Crippen LogP contribution in [0.25, 0.3) is 22.5 Å². The highest BCUT2D eigenvalue weighted by Gasteiger charge is 2.16. The number of H-pyrrole nitrogens is 1. The van der Waals surface area contributed by atoms with Gasteiger partial charge in [0, 0.05) is 15.5 Å². The van der Waals surface area contributed by atoms with Gasteiger partial charge in [-0.05, 0) is 30.3 Å². The molecule has 2 aromatic heterocycles. The summed E-state index contributed by atoms with van der Waals surface area (Å²) in [7, 11) is 0. The molecule has 2 N–H and O–H groups in total. The van der Waals surface area contributed by atoms with Crippen molar-refractivity contribution in [1.82, 2.24) is 20.4 Å². The van der Waals surface area contributed by atoms with Crippen LogP contribution in [0.1, 0.15) is 0 Å². The molecule has 2 aromatic carbocycles. The second-order valence-electron chi connectivity index (χ2n) is 5.33. The van der Waals surface area contributed by atoms with Crippen molar-refractivity contribution >= 4 is 50.2 Å². The number of fused-ring (bicyclic) bond motifs is 1. The van der Waals surface area contributed by atoms with E-state index in [1.54, 1.807) is 0 Å². The van der Waals surface area contributed by atoms with Crippen molar-refractivity contribution in [2.24, 2.45) is 0 Å². The number of halogens is 1. The van der Waals surface area contributed by atoms with Gasteiger partial charge in [-0.25, -0.2) is 0 Å². The van der Waals surface area contributed by atoms with E-state index in [2.05, 4.69) is 41.6 Å². The number of thioether (sulfide) groups is 1. The summed E-state index contributed by atoms with van der Waals surface area (Å²) in [5, 5.41) is 19.2. The molecule has 0 aliphatic rings. The van der Waals surface area contributed by atoms with Crippen molar-refractivity contribution in [2.75, 3.05) is 11.1 Å². The van der Waals surface area contributed by atoms with E-state index in [-0.39, 0.29) is 11.7 Å². The number of aromatic nitrogens is 4. The molecule has 9 heteroatoms. The number of carbonyl (C=O) groups excluding carboxylic acids is 1. The number of benzene rings is 2. The molecule has 0 fully saturated rings. The highest BCUT2D eigenvalue weighted by molar-refractivity contribution is 9.10. The van der Waals surface area contributed by atoms with E-state index < -0.39 is 0 Å². The van der Waals surface area contributed by atoms with E-state index in [4.69, 9.17) is 4.42 Å². The van der Waals surface area contributed by atoms with Crippen LogP contribution in [0.15, 0.2) is 62.6 Å². The van der Waals surface area contributed by atoms with E-state index in [1.807, 2.05) is 48.5 Å². The van der Waals surface area contributed by atoms with E-state index >= 15 is 0 Å². The molecular weight excluding hydrogens is 418 g/mol. The summed E-state index contributed by atoms with van der Waals surface area (Å²) in [5.41, 5.74) is 2.22. The molecule has 4 rings (SSSR count). The Morgan fingerprint density at radius 2 is 1.96 bits per heavy atom. The number of aromatic amines is 1. The average molecular weight is 430 g/mol. The molecular formula is C17H12BrN5O2S. The van der Waals surface area contributed by atoms with Crippen LogP contribution in [-0.4, -0.2) is 32.1 Å². The molecule has 1 amide bonds. The summed E-state index contributed by atoms with van der Waals surface area (Å²) in [6.45, 7) is 0. The summed E-state index contributed by atoms with van der Waals surface area (Å²) in [6.07, 6.45) is 0. The first-order chi connectivity index (χ1) is 12.7. The number of carbonyl (C=O) groups is 1. The maximum atomic E-state index is 12.0. The van der Waals surface area contributed by atoms with Crippen LogP contribution < -0.4 is 5.32 Å². The predicted molar refractivity (Wildman–Crippen MR) is 103 cm³/mol. The molecule has 0 aliphatic heterocycles. The van der Waals surface area contributed by atoms with Gasteiger partial charge in [-0.3, -0.25) is 9.89 Å². The highest BCUT2D eigenvalue weighted by Crippen LogP contribution is 2.27. The van der Waals surface area contributed by atoms with E-state index in [1.165, 1.54) is 11.8 Å². The first-order valence-electron chi connectivity index (χ1n) is 7.64. The van der Waals surface area contributed by atoms with Crippen molar-refractivity contribution in [3.05, 3.63) is 53.0 Å². The van der Waals surface area contributed by atoms with Gasteiger partial charge in [-0.1, -0.05) is 45.9 Å². The standard InChI is InChI=1S/C17H12BrN5O2S/c18-10-5-7-11(8-6-10)19-14(24)9-26-17-23-22-16(25-17)15-12-3-1-2-4-13(12)20-21-15/h1-8H,9H2,(H,19,24)(H,20,21). The van der Waals surface area contributed by atoms with Gasteiger partial charge in [-0.2, -0.15) is 5.10 Å². The number of hydrogen-bond donors (Lipinski definition) is 2. The van der Waals surface area contributed by atoms with E-state index in [0.717, 1.165) is 21.1 Å². The van der Waals surface area contributed by atoms with Gasteiger partial charge in [0.15, 0.2) is 5.69 Å². The lowest BCUT2D eigenvalue weighted by molar-refractivity contribution is -0.113. The fourth-order valence-electron chi connectivity index (χ4n) is 2.35. The van der Waals surface area contributed by atoms with Gasteiger partial charge in [-0.15, -0.1) is 10.2 Å². The van der Waals surface area contributed by atoms with Crippen LogP contribution in [0.2, 0.25) is 0 Å². The number of amides is 1. The molecule has 0 saturated carbocycles. The minimum absolute atomic E-state index is 0.151. The van der Waals surface area contributed by atoms with E-state index in [9.17, 15) is 4.79 Å². The third kappa shape index (κ3) is 3.63. The van der Waals surface area contributed by atoms with Gasteiger partial charge in [0.05, 0.1) is 11.3 Å². The number of nitrogens with zero attached hydrogens (tertiary/aromatic N) is 3. The number of rotatable bonds is 5. The van der Waals surface area contributed by atoms with Crippen LogP contribution >= 0.6 is 27.7 Å². The Balaban J connectivity index is 1.40. The Morgan fingerprint density at radius 3 is 2.81 bits per heavy atom. The third-order valence-corrected chi connectivity index (χ3v) is 4.88. The largest absolute Gasteiger partial charge is 0.409 e. The van der Waals surface area contributed by atoms with Crippen molar-refractivity contribution in [3.8, 4) is 11.6 Å². The number of hydrogen-bond acceptors (Lipinski definition) is 6. The second kappa shape index (κ2) is 7.30. The lowest BCUT2D eigenvalue weighted by Gasteiger charge is -2.03. The Hall–Kier alpha value is -2.65. The highest BCUT2D eigenvalue weighted by atomic mass is 79.9. The summed E-state index contributed by atoms with van der Waals surface area (Å²) in [5.74, 6) is 0.333. The van der Waals surface area contributed by atoms with Gasteiger partial charge in [0.2, 0.25) is 5.91 Å². The molecule has 0 unspecified atom stereocenters. The molecule has 0 radical (unpaired) electrons.